The van der Waals surface area contributed by atoms with Gasteiger partial charge in [0.25, 0.3) is 0 Å². The van der Waals surface area contributed by atoms with Gasteiger partial charge in [0.15, 0.2) is 5.69 Å². The molecule has 1 aromatic heterocycles. The van der Waals surface area contributed by atoms with Crippen molar-refractivity contribution in [2.24, 2.45) is 0 Å². The van der Waals surface area contributed by atoms with Crippen molar-refractivity contribution in [1.29, 1.82) is 0 Å². The second-order valence-corrected chi connectivity index (χ2v) is 5.86. The lowest BCUT2D eigenvalue weighted by Gasteiger charge is -2.29. The van der Waals surface area contributed by atoms with Crippen molar-refractivity contribution in [2.75, 3.05) is 7.05 Å². The molecule has 2 aromatic rings. The molecule has 5 nitrogen and oxygen atoms in total. The second-order valence-electron chi connectivity index (χ2n) is 5.43. The van der Waals surface area contributed by atoms with Crippen LogP contribution in [0.5, 0.6) is 0 Å². The highest BCUT2D eigenvalue weighted by Gasteiger charge is 2.21. The molecule has 2 unspecified atom stereocenters. The minimum Gasteiger partial charge on any atom is -0.476 e. The Kier molecular flexibility index (Phi) is 5.21. The molecule has 0 amide bonds. The van der Waals surface area contributed by atoms with E-state index >= 15 is 0 Å². The fraction of sp³-hybridized carbons (Fsp3) is 0.375. The SMILES string of the molecule is CC(c1ccc(Cl)cc1)C(C)N(C)Cc1nc(C(=O)O)co1. The second kappa shape index (κ2) is 6.94. The van der Waals surface area contributed by atoms with Gasteiger partial charge in [0.1, 0.15) is 6.26 Å². The summed E-state index contributed by atoms with van der Waals surface area (Å²) in [5.41, 5.74) is 1.13. The highest BCUT2D eigenvalue weighted by atomic mass is 35.5. The third kappa shape index (κ3) is 3.87. The third-order valence-electron chi connectivity index (χ3n) is 3.97. The van der Waals surface area contributed by atoms with E-state index in [1.165, 1.54) is 11.8 Å². The van der Waals surface area contributed by atoms with Crippen molar-refractivity contribution in [2.45, 2.75) is 32.4 Å². The Morgan fingerprint density at radius 3 is 2.55 bits per heavy atom. The summed E-state index contributed by atoms with van der Waals surface area (Å²) in [5, 5.41) is 9.57. The quantitative estimate of drug-likeness (QED) is 0.879. The van der Waals surface area contributed by atoms with Gasteiger partial charge in [-0.25, -0.2) is 9.78 Å². The molecule has 0 bridgehead atoms. The predicted molar refractivity (Wildman–Crippen MR) is 84.3 cm³/mol. The first kappa shape index (κ1) is 16.5. The number of oxazole rings is 1. The topological polar surface area (TPSA) is 66.6 Å². The van der Waals surface area contributed by atoms with Crippen molar-refractivity contribution >= 4 is 17.6 Å². The minimum atomic E-state index is -1.08. The first-order valence-electron chi connectivity index (χ1n) is 7.02. The molecule has 6 heteroatoms. The Morgan fingerprint density at radius 1 is 1.36 bits per heavy atom. The zero-order valence-corrected chi connectivity index (χ0v) is 13.5. The average molecular weight is 323 g/mol. The van der Waals surface area contributed by atoms with Crippen LogP contribution >= 0.6 is 11.6 Å². The lowest BCUT2D eigenvalue weighted by atomic mass is 9.93. The number of carboxylic acids is 1. The van der Waals surface area contributed by atoms with Crippen LogP contribution in [-0.2, 0) is 6.54 Å². The number of carboxylic acid groups (broad SMARTS) is 1. The Hall–Kier alpha value is -1.85. The number of benzene rings is 1. The van der Waals surface area contributed by atoms with E-state index in [0.29, 0.717) is 12.4 Å². The summed E-state index contributed by atoms with van der Waals surface area (Å²) < 4.78 is 5.20. The number of rotatable bonds is 6. The van der Waals surface area contributed by atoms with Crippen molar-refractivity contribution in [1.82, 2.24) is 9.88 Å². The molecule has 22 heavy (non-hydrogen) atoms. The monoisotopic (exact) mass is 322 g/mol. The molecule has 0 radical (unpaired) electrons. The molecule has 2 rings (SSSR count). The van der Waals surface area contributed by atoms with Gasteiger partial charge < -0.3 is 9.52 Å². The van der Waals surface area contributed by atoms with E-state index in [2.05, 4.69) is 23.7 Å². The molecule has 0 saturated heterocycles. The Morgan fingerprint density at radius 2 is 2.00 bits per heavy atom. The van der Waals surface area contributed by atoms with E-state index in [1.54, 1.807) is 0 Å². The van der Waals surface area contributed by atoms with E-state index in [1.807, 2.05) is 31.3 Å². The molecule has 0 saturated carbocycles. The van der Waals surface area contributed by atoms with E-state index in [9.17, 15) is 4.79 Å². The number of carbonyl (C=O) groups is 1. The maximum absolute atomic E-state index is 10.8. The summed E-state index contributed by atoms with van der Waals surface area (Å²) in [6.45, 7) is 4.70. The summed E-state index contributed by atoms with van der Waals surface area (Å²) in [7, 11) is 1.96. The first-order valence-corrected chi connectivity index (χ1v) is 7.39. The van der Waals surface area contributed by atoms with Crippen LogP contribution in [0.3, 0.4) is 0 Å². The molecule has 0 aliphatic heterocycles. The lowest BCUT2D eigenvalue weighted by molar-refractivity contribution is 0.0690. The summed E-state index contributed by atoms with van der Waals surface area (Å²) in [4.78, 5) is 16.8. The molecule has 0 aliphatic rings. The van der Waals surface area contributed by atoms with Crippen molar-refractivity contribution in [3.8, 4) is 0 Å². The van der Waals surface area contributed by atoms with Gasteiger partial charge in [-0.1, -0.05) is 30.7 Å². The maximum atomic E-state index is 10.8. The highest BCUT2D eigenvalue weighted by Crippen LogP contribution is 2.24. The number of aromatic nitrogens is 1. The van der Waals surface area contributed by atoms with Crippen molar-refractivity contribution < 1.29 is 14.3 Å². The normalized spacial score (nSPS) is 14.0. The molecule has 0 fully saturated rings. The number of likely N-dealkylation sites (N-methyl/N-ethyl adjacent to an activating group) is 1. The van der Waals surface area contributed by atoms with Crippen LogP contribution < -0.4 is 0 Å². The van der Waals surface area contributed by atoms with Crippen LogP contribution in [0.4, 0.5) is 0 Å². The zero-order chi connectivity index (χ0) is 16.3. The van der Waals surface area contributed by atoms with Crippen molar-refractivity contribution in [3.63, 3.8) is 0 Å². The van der Waals surface area contributed by atoms with Crippen LogP contribution in [0.15, 0.2) is 34.9 Å². The summed E-state index contributed by atoms with van der Waals surface area (Å²) in [5.74, 6) is -0.397. The molecule has 0 aliphatic carbocycles. The van der Waals surface area contributed by atoms with Gasteiger partial charge in [-0.05, 0) is 37.6 Å². The van der Waals surface area contributed by atoms with Gasteiger partial charge in [-0.2, -0.15) is 0 Å². The average Bonchev–Trinajstić information content (AvgIpc) is 2.95. The summed E-state index contributed by atoms with van der Waals surface area (Å²) in [6, 6.07) is 8.03. The van der Waals surface area contributed by atoms with Gasteiger partial charge in [0, 0.05) is 11.1 Å². The number of aromatic carboxylic acids is 1. The molecule has 1 N–H and O–H groups in total. The fourth-order valence-corrected chi connectivity index (χ4v) is 2.39. The fourth-order valence-electron chi connectivity index (χ4n) is 2.27. The van der Waals surface area contributed by atoms with Crippen LogP contribution in [-0.4, -0.2) is 34.0 Å². The van der Waals surface area contributed by atoms with Gasteiger partial charge in [-0.3, -0.25) is 4.90 Å². The predicted octanol–water partition coefficient (Wildman–Crippen LogP) is 3.65. The number of hydrogen-bond donors (Lipinski definition) is 1. The Bertz CT molecular complexity index is 639. The molecule has 1 heterocycles. The van der Waals surface area contributed by atoms with E-state index in [-0.39, 0.29) is 17.7 Å². The zero-order valence-electron chi connectivity index (χ0n) is 12.8. The maximum Gasteiger partial charge on any atom is 0.357 e. The van der Waals surface area contributed by atoms with Crippen molar-refractivity contribution in [3.05, 3.63) is 52.7 Å². The standard InChI is InChI=1S/C16H19ClN2O3/c1-10(12-4-6-13(17)7-5-12)11(2)19(3)8-15-18-14(9-22-15)16(20)21/h4-7,9-11H,8H2,1-3H3,(H,20,21). The lowest BCUT2D eigenvalue weighted by Crippen LogP contribution is -2.33. The van der Waals surface area contributed by atoms with E-state index in [4.69, 9.17) is 21.1 Å². The van der Waals surface area contributed by atoms with Crippen LogP contribution in [0.25, 0.3) is 0 Å². The van der Waals surface area contributed by atoms with E-state index in [0.717, 1.165) is 5.02 Å². The first-order chi connectivity index (χ1) is 10.4. The summed E-state index contributed by atoms with van der Waals surface area (Å²) >= 11 is 5.91. The third-order valence-corrected chi connectivity index (χ3v) is 4.22. The number of halogens is 1. The number of nitrogens with zero attached hydrogens (tertiary/aromatic N) is 2. The van der Waals surface area contributed by atoms with Crippen LogP contribution in [0.1, 0.15) is 41.7 Å². The molecular formula is C16H19ClN2O3. The molecular weight excluding hydrogens is 304 g/mol. The number of hydrogen-bond acceptors (Lipinski definition) is 4. The minimum absolute atomic E-state index is 0.0678. The largest absolute Gasteiger partial charge is 0.476 e. The smallest absolute Gasteiger partial charge is 0.357 e. The molecule has 0 spiro atoms. The van der Waals surface area contributed by atoms with Crippen LogP contribution in [0.2, 0.25) is 5.02 Å². The van der Waals surface area contributed by atoms with Crippen LogP contribution in [0, 0.1) is 0 Å². The van der Waals surface area contributed by atoms with Gasteiger partial charge in [0.05, 0.1) is 6.54 Å². The highest BCUT2D eigenvalue weighted by molar-refractivity contribution is 6.30. The summed E-state index contributed by atoms with van der Waals surface area (Å²) in [6.07, 6.45) is 1.17. The Labute approximate surface area is 134 Å². The molecule has 2 atom stereocenters. The Balaban J connectivity index is 2.02. The molecule has 118 valence electrons. The van der Waals surface area contributed by atoms with Gasteiger partial charge >= 0.3 is 5.97 Å². The van der Waals surface area contributed by atoms with E-state index < -0.39 is 5.97 Å². The molecule has 1 aromatic carbocycles. The van der Waals surface area contributed by atoms with Gasteiger partial charge in [-0.15, -0.1) is 0 Å². The van der Waals surface area contributed by atoms with Gasteiger partial charge in [0.2, 0.25) is 5.89 Å².